The van der Waals surface area contributed by atoms with Crippen molar-refractivity contribution in [2.45, 2.75) is 13.0 Å². The number of esters is 1. The fourth-order valence-electron chi connectivity index (χ4n) is 1.93. The molecule has 0 saturated carbocycles. The van der Waals surface area contributed by atoms with Crippen molar-refractivity contribution in [2.24, 2.45) is 0 Å². The number of methoxy groups -OCH3 is 1. The second kappa shape index (κ2) is 4.41. The fraction of sp³-hybridized carbons (Fsp3) is 0.231. The van der Waals surface area contributed by atoms with E-state index in [1.807, 2.05) is 24.3 Å². The maximum absolute atomic E-state index is 11.5. The molecule has 0 N–H and O–H groups in total. The number of rotatable bonds is 3. The molecule has 4 nitrogen and oxygen atoms in total. The summed E-state index contributed by atoms with van der Waals surface area (Å²) in [5.74, 6) is -0.330. The first kappa shape index (κ1) is 11.4. The van der Waals surface area contributed by atoms with E-state index in [-0.39, 0.29) is 5.97 Å². The van der Waals surface area contributed by atoms with Gasteiger partial charge in [-0.05, 0) is 13.0 Å². The molecule has 0 spiro atoms. The van der Waals surface area contributed by atoms with Gasteiger partial charge in [-0.25, -0.2) is 4.79 Å². The number of fused-ring (bicyclic) bond motifs is 1. The molecular formula is C13H13NO3. The second-order valence-corrected chi connectivity index (χ2v) is 3.83. The molecule has 1 unspecified atom stereocenters. The number of benzene rings is 1. The molecule has 4 heteroatoms. The van der Waals surface area contributed by atoms with Crippen LogP contribution in [0.5, 0.6) is 0 Å². The number of hydrogen-bond acceptors (Lipinski definition) is 3. The SMILES string of the molecule is COC(=O)C(C)n1cc(C=O)c2ccccc21. The molecule has 2 rings (SSSR count). The van der Waals surface area contributed by atoms with E-state index in [0.29, 0.717) is 5.56 Å². The summed E-state index contributed by atoms with van der Waals surface area (Å²) in [6.07, 6.45) is 2.47. The zero-order valence-electron chi connectivity index (χ0n) is 9.71. The predicted molar refractivity (Wildman–Crippen MR) is 64.1 cm³/mol. The van der Waals surface area contributed by atoms with E-state index in [9.17, 15) is 9.59 Å². The first-order valence-electron chi connectivity index (χ1n) is 5.31. The van der Waals surface area contributed by atoms with E-state index in [1.54, 1.807) is 17.7 Å². The molecule has 0 aliphatic heterocycles. The van der Waals surface area contributed by atoms with Crippen LogP contribution in [0.1, 0.15) is 23.3 Å². The maximum Gasteiger partial charge on any atom is 0.328 e. The number of nitrogens with zero attached hydrogens (tertiary/aromatic N) is 1. The smallest absolute Gasteiger partial charge is 0.328 e. The zero-order chi connectivity index (χ0) is 12.4. The summed E-state index contributed by atoms with van der Waals surface area (Å²) in [4.78, 5) is 22.5. The third-order valence-electron chi connectivity index (χ3n) is 2.86. The number of carbonyl (C=O) groups is 2. The average Bonchev–Trinajstić information content (AvgIpc) is 2.75. The maximum atomic E-state index is 11.5. The molecule has 1 atom stereocenters. The molecule has 0 saturated heterocycles. The van der Waals surface area contributed by atoms with Crippen LogP contribution in [0.3, 0.4) is 0 Å². The number of para-hydroxylation sites is 1. The van der Waals surface area contributed by atoms with Gasteiger partial charge in [-0.2, -0.15) is 0 Å². The van der Waals surface area contributed by atoms with Gasteiger partial charge in [-0.1, -0.05) is 18.2 Å². The Morgan fingerprint density at radius 2 is 2.12 bits per heavy atom. The third-order valence-corrected chi connectivity index (χ3v) is 2.86. The van der Waals surface area contributed by atoms with E-state index >= 15 is 0 Å². The minimum atomic E-state index is -0.446. The van der Waals surface area contributed by atoms with Gasteiger partial charge in [0.25, 0.3) is 0 Å². The fourth-order valence-corrected chi connectivity index (χ4v) is 1.93. The van der Waals surface area contributed by atoms with Crippen LogP contribution in [0.2, 0.25) is 0 Å². The minimum Gasteiger partial charge on any atom is -0.467 e. The van der Waals surface area contributed by atoms with Crippen LogP contribution in [0.4, 0.5) is 0 Å². The Bertz CT molecular complexity index is 571. The summed E-state index contributed by atoms with van der Waals surface area (Å²) in [5, 5.41) is 0.846. The third kappa shape index (κ3) is 1.82. The largest absolute Gasteiger partial charge is 0.467 e. The van der Waals surface area contributed by atoms with Crippen LogP contribution in [0, 0.1) is 0 Å². The van der Waals surface area contributed by atoms with Crippen molar-refractivity contribution in [1.29, 1.82) is 0 Å². The number of carbonyl (C=O) groups excluding carboxylic acids is 2. The number of hydrogen-bond donors (Lipinski definition) is 0. The van der Waals surface area contributed by atoms with E-state index in [2.05, 4.69) is 0 Å². The highest BCUT2D eigenvalue weighted by Crippen LogP contribution is 2.24. The van der Waals surface area contributed by atoms with Crippen molar-refractivity contribution in [3.05, 3.63) is 36.0 Å². The zero-order valence-corrected chi connectivity index (χ0v) is 9.71. The van der Waals surface area contributed by atoms with E-state index < -0.39 is 6.04 Å². The van der Waals surface area contributed by atoms with Gasteiger partial charge >= 0.3 is 5.97 Å². The predicted octanol–water partition coefficient (Wildman–Crippen LogP) is 2.19. The van der Waals surface area contributed by atoms with Crippen LogP contribution >= 0.6 is 0 Å². The van der Waals surface area contributed by atoms with Gasteiger partial charge in [0, 0.05) is 22.7 Å². The van der Waals surface area contributed by atoms with Crippen molar-refractivity contribution in [3.63, 3.8) is 0 Å². The highest BCUT2D eigenvalue weighted by Gasteiger charge is 2.18. The van der Waals surface area contributed by atoms with Gasteiger partial charge in [0.1, 0.15) is 6.04 Å². The quantitative estimate of drug-likeness (QED) is 0.601. The first-order chi connectivity index (χ1) is 8.19. The number of ether oxygens (including phenoxy) is 1. The Kier molecular flexibility index (Phi) is 2.95. The Labute approximate surface area is 98.8 Å². The van der Waals surface area contributed by atoms with Gasteiger partial charge < -0.3 is 9.30 Å². The van der Waals surface area contributed by atoms with E-state index in [1.165, 1.54) is 7.11 Å². The van der Waals surface area contributed by atoms with Crippen LogP contribution in [-0.4, -0.2) is 23.9 Å². The molecule has 0 aliphatic carbocycles. The Hall–Kier alpha value is -2.10. The monoisotopic (exact) mass is 231 g/mol. The summed E-state index contributed by atoms with van der Waals surface area (Å²) in [6.45, 7) is 1.74. The topological polar surface area (TPSA) is 48.3 Å². The van der Waals surface area contributed by atoms with Gasteiger partial charge in [0.15, 0.2) is 6.29 Å². The molecule has 0 radical (unpaired) electrons. The molecule has 1 heterocycles. The Balaban J connectivity index is 2.62. The lowest BCUT2D eigenvalue weighted by atomic mass is 10.2. The molecule has 1 aromatic heterocycles. The van der Waals surface area contributed by atoms with E-state index in [0.717, 1.165) is 17.2 Å². The normalized spacial score (nSPS) is 12.4. The van der Waals surface area contributed by atoms with Crippen molar-refractivity contribution in [2.75, 3.05) is 7.11 Å². The van der Waals surface area contributed by atoms with Crippen molar-refractivity contribution >= 4 is 23.2 Å². The van der Waals surface area contributed by atoms with Gasteiger partial charge in [0.05, 0.1) is 7.11 Å². The number of aromatic nitrogens is 1. The van der Waals surface area contributed by atoms with Gasteiger partial charge in [-0.15, -0.1) is 0 Å². The molecule has 17 heavy (non-hydrogen) atoms. The number of aldehydes is 1. The van der Waals surface area contributed by atoms with Crippen molar-refractivity contribution in [1.82, 2.24) is 4.57 Å². The lowest BCUT2D eigenvalue weighted by molar-refractivity contribution is -0.143. The summed E-state index contributed by atoms with van der Waals surface area (Å²) in [5.41, 5.74) is 1.43. The molecule has 0 aliphatic rings. The van der Waals surface area contributed by atoms with Crippen LogP contribution in [0.15, 0.2) is 30.5 Å². The van der Waals surface area contributed by atoms with E-state index in [4.69, 9.17) is 4.74 Å². The van der Waals surface area contributed by atoms with Crippen molar-refractivity contribution in [3.8, 4) is 0 Å². The van der Waals surface area contributed by atoms with Crippen LogP contribution in [0.25, 0.3) is 10.9 Å². The highest BCUT2D eigenvalue weighted by molar-refractivity contribution is 5.98. The molecule has 1 aromatic carbocycles. The molecular weight excluding hydrogens is 218 g/mol. The van der Waals surface area contributed by atoms with Gasteiger partial charge in [0.2, 0.25) is 0 Å². The summed E-state index contributed by atoms with van der Waals surface area (Å²) >= 11 is 0. The van der Waals surface area contributed by atoms with Crippen LogP contribution in [-0.2, 0) is 9.53 Å². The standard InChI is InChI=1S/C13H13NO3/c1-9(13(16)17-2)14-7-10(8-15)11-5-3-4-6-12(11)14/h3-9H,1-2H3. The average molecular weight is 231 g/mol. The molecule has 0 bridgehead atoms. The summed E-state index contributed by atoms with van der Waals surface area (Å²) in [6, 6.07) is 7.03. The molecule has 0 fully saturated rings. The molecule has 88 valence electrons. The summed E-state index contributed by atoms with van der Waals surface area (Å²) in [7, 11) is 1.35. The first-order valence-corrected chi connectivity index (χ1v) is 5.31. The highest BCUT2D eigenvalue weighted by atomic mass is 16.5. The van der Waals surface area contributed by atoms with Crippen LogP contribution < -0.4 is 0 Å². The molecule has 0 amide bonds. The Morgan fingerprint density at radius 1 is 1.41 bits per heavy atom. The Morgan fingerprint density at radius 3 is 2.76 bits per heavy atom. The lowest BCUT2D eigenvalue weighted by Gasteiger charge is -2.12. The lowest BCUT2D eigenvalue weighted by Crippen LogP contribution is -2.16. The summed E-state index contributed by atoms with van der Waals surface area (Å²) < 4.78 is 6.46. The second-order valence-electron chi connectivity index (χ2n) is 3.83. The molecule has 2 aromatic rings. The minimum absolute atomic E-state index is 0.330. The van der Waals surface area contributed by atoms with Crippen molar-refractivity contribution < 1.29 is 14.3 Å². The van der Waals surface area contributed by atoms with Gasteiger partial charge in [-0.3, -0.25) is 4.79 Å².